The Hall–Kier alpha value is -1.37. The number of rotatable bonds is 3. The number of pyridine rings is 1. The van der Waals surface area contributed by atoms with E-state index in [2.05, 4.69) is 43.1 Å². The zero-order valence-corrected chi connectivity index (χ0v) is 11.5. The van der Waals surface area contributed by atoms with Crippen LogP contribution in [0.3, 0.4) is 0 Å². The minimum Gasteiger partial charge on any atom is -0.256 e. The molecule has 0 saturated carbocycles. The summed E-state index contributed by atoms with van der Waals surface area (Å²) in [6, 6.07) is 8.80. The molecule has 0 aliphatic heterocycles. The SMILES string of the molecule is CC.CCCc1cnc2ccc(CC)cc2c1. The van der Waals surface area contributed by atoms with Crippen molar-refractivity contribution in [3.63, 3.8) is 0 Å². The molecule has 0 amide bonds. The van der Waals surface area contributed by atoms with Gasteiger partial charge >= 0.3 is 0 Å². The third-order valence-electron chi connectivity index (χ3n) is 2.75. The quantitative estimate of drug-likeness (QED) is 0.738. The van der Waals surface area contributed by atoms with Crippen LogP contribution in [0.25, 0.3) is 10.9 Å². The van der Waals surface area contributed by atoms with Crippen molar-refractivity contribution in [2.45, 2.75) is 47.0 Å². The van der Waals surface area contributed by atoms with E-state index in [1.54, 1.807) is 0 Å². The number of hydrogen-bond donors (Lipinski definition) is 0. The van der Waals surface area contributed by atoms with Gasteiger partial charge in [-0.05, 0) is 42.2 Å². The fourth-order valence-corrected chi connectivity index (χ4v) is 1.87. The maximum atomic E-state index is 4.48. The van der Waals surface area contributed by atoms with Crippen LogP contribution < -0.4 is 0 Å². The van der Waals surface area contributed by atoms with Gasteiger partial charge in [0, 0.05) is 11.6 Å². The Labute approximate surface area is 105 Å². The summed E-state index contributed by atoms with van der Waals surface area (Å²) in [6.45, 7) is 8.39. The largest absolute Gasteiger partial charge is 0.256 e. The predicted octanol–water partition coefficient (Wildman–Crippen LogP) is 4.78. The van der Waals surface area contributed by atoms with Crippen LogP contribution in [0.2, 0.25) is 0 Å². The summed E-state index contributed by atoms with van der Waals surface area (Å²) in [5.41, 5.74) is 3.84. The van der Waals surface area contributed by atoms with E-state index < -0.39 is 0 Å². The summed E-state index contributed by atoms with van der Waals surface area (Å²) >= 11 is 0. The lowest BCUT2D eigenvalue weighted by Gasteiger charge is -2.03. The summed E-state index contributed by atoms with van der Waals surface area (Å²) in [5, 5.41) is 1.28. The number of benzene rings is 1. The first kappa shape index (κ1) is 13.7. The number of aromatic nitrogens is 1. The smallest absolute Gasteiger partial charge is 0.0702 e. The summed E-state index contributed by atoms with van der Waals surface area (Å²) < 4.78 is 0. The van der Waals surface area contributed by atoms with Gasteiger partial charge in [0.2, 0.25) is 0 Å². The van der Waals surface area contributed by atoms with Gasteiger partial charge < -0.3 is 0 Å². The molecule has 0 aliphatic carbocycles. The molecule has 92 valence electrons. The highest BCUT2D eigenvalue weighted by atomic mass is 14.6. The molecule has 2 rings (SSSR count). The van der Waals surface area contributed by atoms with E-state index in [0.29, 0.717) is 0 Å². The first-order valence-corrected chi connectivity index (χ1v) is 6.71. The lowest BCUT2D eigenvalue weighted by molar-refractivity contribution is 0.917. The second-order valence-corrected chi connectivity index (χ2v) is 3.97. The topological polar surface area (TPSA) is 12.9 Å². The van der Waals surface area contributed by atoms with Gasteiger partial charge in [-0.2, -0.15) is 0 Å². The Bertz CT molecular complexity index is 460. The van der Waals surface area contributed by atoms with Crippen molar-refractivity contribution in [3.05, 3.63) is 41.6 Å². The number of hydrogen-bond acceptors (Lipinski definition) is 1. The van der Waals surface area contributed by atoms with Gasteiger partial charge in [-0.3, -0.25) is 4.98 Å². The molecule has 0 fully saturated rings. The van der Waals surface area contributed by atoms with Crippen molar-refractivity contribution < 1.29 is 0 Å². The van der Waals surface area contributed by atoms with Crippen LogP contribution in [0, 0.1) is 0 Å². The molecule has 0 atom stereocenters. The van der Waals surface area contributed by atoms with Crippen molar-refractivity contribution in [1.82, 2.24) is 4.98 Å². The molecule has 2 aromatic rings. The first-order chi connectivity index (χ1) is 8.33. The van der Waals surface area contributed by atoms with Crippen molar-refractivity contribution in [2.75, 3.05) is 0 Å². The lowest BCUT2D eigenvalue weighted by Crippen LogP contribution is -1.88. The molecule has 1 heteroatoms. The second kappa shape index (κ2) is 7.05. The average Bonchev–Trinajstić information content (AvgIpc) is 2.40. The van der Waals surface area contributed by atoms with Crippen LogP contribution in [0.5, 0.6) is 0 Å². The molecule has 0 bridgehead atoms. The molecule has 0 radical (unpaired) electrons. The second-order valence-electron chi connectivity index (χ2n) is 3.97. The van der Waals surface area contributed by atoms with Gasteiger partial charge in [-0.15, -0.1) is 0 Å². The van der Waals surface area contributed by atoms with E-state index in [9.17, 15) is 0 Å². The lowest BCUT2D eigenvalue weighted by atomic mass is 10.1. The molecule has 1 nitrogen and oxygen atoms in total. The molecule has 1 heterocycles. The molecular formula is C16H23N. The van der Waals surface area contributed by atoms with E-state index in [-0.39, 0.29) is 0 Å². The normalized spacial score (nSPS) is 9.88. The van der Waals surface area contributed by atoms with Crippen molar-refractivity contribution in [3.8, 4) is 0 Å². The number of nitrogens with zero attached hydrogens (tertiary/aromatic N) is 1. The van der Waals surface area contributed by atoms with Crippen LogP contribution in [-0.4, -0.2) is 4.98 Å². The van der Waals surface area contributed by atoms with Gasteiger partial charge in [0.15, 0.2) is 0 Å². The molecule has 0 N–H and O–H groups in total. The van der Waals surface area contributed by atoms with Crippen LogP contribution >= 0.6 is 0 Å². The van der Waals surface area contributed by atoms with E-state index >= 15 is 0 Å². The monoisotopic (exact) mass is 229 g/mol. The van der Waals surface area contributed by atoms with E-state index in [1.165, 1.54) is 22.9 Å². The average molecular weight is 229 g/mol. The molecule has 0 saturated heterocycles. The minimum absolute atomic E-state index is 1.09. The van der Waals surface area contributed by atoms with Gasteiger partial charge in [0.1, 0.15) is 0 Å². The molecule has 0 unspecified atom stereocenters. The molecule has 17 heavy (non-hydrogen) atoms. The number of fused-ring (bicyclic) bond motifs is 1. The Morgan fingerprint density at radius 2 is 1.71 bits per heavy atom. The first-order valence-electron chi connectivity index (χ1n) is 6.71. The predicted molar refractivity (Wildman–Crippen MR) is 76.5 cm³/mol. The van der Waals surface area contributed by atoms with Crippen molar-refractivity contribution in [1.29, 1.82) is 0 Å². The fraction of sp³-hybridized carbons (Fsp3) is 0.438. The molecule has 0 aliphatic rings. The van der Waals surface area contributed by atoms with Gasteiger partial charge in [-0.25, -0.2) is 0 Å². The van der Waals surface area contributed by atoms with Crippen LogP contribution in [-0.2, 0) is 12.8 Å². The summed E-state index contributed by atoms with van der Waals surface area (Å²) in [4.78, 5) is 4.48. The fourth-order valence-electron chi connectivity index (χ4n) is 1.87. The zero-order chi connectivity index (χ0) is 12.7. The molecule has 0 spiro atoms. The summed E-state index contributed by atoms with van der Waals surface area (Å²) in [6.07, 6.45) is 5.39. The Morgan fingerprint density at radius 1 is 1.00 bits per heavy atom. The van der Waals surface area contributed by atoms with Crippen LogP contribution in [0.15, 0.2) is 30.5 Å². The maximum Gasteiger partial charge on any atom is 0.0702 e. The summed E-state index contributed by atoms with van der Waals surface area (Å²) in [5.74, 6) is 0. The van der Waals surface area contributed by atoms with E-state index in [4.69, 9.17) is 0 Å². The Balaban J connectivity index is 0.000000686. The standard InChI is InChI=1S/C14H17N.C2H6/c1-3-5-12-9-13-8-11(4-2)6-7-14(13)15-10-12;1-2/h6-10H,3-5H2,1-2H3;1-2H3. The molecular weight excluding hydrogens is 206 g/mol. The third kappa shape index (κ3) is 3.55. The van der Waals surface area contributed by atoms with E-state index in [1.807, 2.05) is 20.0 Å². The van der Waals surface area contributed by atoms with Crippen LogP contribution in [0.1, 0.15) is 45.2 Å². The highest BCUT2D eigenvalue weighted by Gasteiger charge is 1.98. The van der Waals surface area contributed by atoms with E-state index in [0.717, 1.165) is 18.4 Å². The zero-order valence-electron chi connectivity index (χ0n) is 11.5. The Kier molecular flexibility index (Phi) is 5.68. The third-order valence-corrected chi connectivity index (χ3v) is 2.75. The number of aryl methyl sites for hydroxylation is 2. The van der Waals surface area contributed by atoms with Gasteiger partial charge in [0.25, 0.3) is 0 Å². The molecule has 1 aromatic carbocycles. The minimum atomic E-state index is 1.09. The van der Waals surface area contributed by atoms with Crippen LogP contribution in [0.4, 0.5) is 0 Å². The van der Waals surface area contributed by atoms with Gasteiger partial charge in [-0.1, -0.05) is 40.2 Å². The highest BCUT2D eigenvalue weighted by molar-refractivity contribution is 5.79. The summed E-state index contributed by atoms with van der Waals surface area (Å²) in [7, 11) is 0. The van der Waals surface area contributed by atoms with Gasteiger partial charge in [0.05, 0.1) is 5.52 Å². The van der Waals surface area contributed by atoms with Crippen molar-refractivity contribution >= 4 is 10.9 Å². The van der Waals surface area contributed by atoms with Crippen molar-refractivity contribution in [2.24, 2.45) is 0 Å². The maximum absolute atomic E-state index is 4.48. The molecule has 1 aromatic heterocycles. The highest BCUT2D eigenvalue weighted by Crippen LogP contribution is 2.16. The Morgan fingerprint density at radius 3 is 2.35 bits per heavy atom.